The molecular formula is C20H20FN5O. The highest BCUT2D eigenvalue weighted by Crippen LogP contribution is 2.22. The molecule has 0 saturated carbocycles. The van der Waals surface area contributed by atoms with Gasteiger partial charge in [0.2, 0.25) is 5.95 Å². The molecule has 1 aliphatic heterocycles. The van der Waals surface area contributed by atoms with Crippen LogP contribution in [0.25, 0.3) is 11.3 Å². The van der Waals surface area contributed by atoms with E-state index in [9.17, 15) is 4.39 Å². The minimum atomic E-state index is -0.298. The molecule has 1 saturated heterocycles. The lowest BCUT2D eigenvalue weighted by atomic mass is 10.1. The summed E-state index contributed by atoms with van der Waals surface area (Å²) in [4.78, 5) is 10.9. The van der Waals surface area contributed by atoms with E-state index in [4.69, 9.17) is 4.74 Å². The van der Waals surface area contributed by atoms with Gasteiger partial charge in [0.1, 0.15) is 5.82 Å². The summed E-state index contributed by atoms with van der Waals surface area (Å²) in [5, 5.41) is 8.22. The van der Waals surface area contributed by atoms with Crippen LogP contribution in [0.3, 0.4) is 0 Å². The number of nitrogens with zero attached hydrogens (tertiary/aromatic N) is 5. The predicted molar refractivity (Wildman–Crippen MR) is 99.5 cm³/mol. The SMILES string of the molecule is Fc1cccc(-c2cnnc(N3CCC[C@H](OCc4ccccn4)C3)n2)c1. The molecular weight excluding hydrogens is 345 g/mol. The van der Waals surface area contributed by atoms with Crippen LogP contribution in [-0.2, 0) is 11.3 Å². The average Bonchev–Trinajstić information content (AvgIpc) is 2.73. The monoisotopic (exact) mass is 365 g/mol. The molecule has 27 heavy (non-hydrogen) atoms. The maximum atomic E-state index is 13.5. The zero-order valence-corrected chi connectivity index (χ0v) is 14.8. The van der Waals surface area contributed by atoms with Gasteiger partial charge in [0.15, 0.2) is 0 Å². The van der Waals surface area contributed by atoms with Crippen LogP contribution in [-0.4, -0.2) is 39.4 Å². The van der Waals surface area contributed by atoms with Crippen LogP contribution < -0.4 is 4.90 Å². The number of pyridine rings is 1. The number of benzene rings is 1. The van der Waals surface area contributed by atoms with E-state index in [0.29, 0.717) is 30.4 Å². The molecule has 0 N–H and O–H groups in total. The van der Waals surface area contributed by atoms with Crippen LogP contribution in [0, 0.1) is 5.82 Å². The molecule has 7 heteroatoms. The summed E-state index contributed by atoms with van der Waals surface area (Å²) >= 11 is 0. The van der Waals surface area contributed by atoms with Gasteiger partial charge in [-0.3, -0.25) is 4.98 Å². The Hall–Kier alpha value is -2.93. The van der Waals surface area contributed by atoms with Crippen molar-refractivity contribution in [3.8, 4) is 11.3 Å². The standard InChI is InChI=1S/C20H20FN5O/c21-16-6-3-5-15(11-16)19-12-23-25-20(24-19)26-10-4-8-18(13-26)27-14-17-7-1-2-9-22-17/h1-3,5-7,9,11-12,18H,4,8,10,13-14H2/t18-/m0/s1. The van der Waals surface area contributed by atoms with E-state index in [2.05, 4.69) is 25.1 Å². The molecule has 2 aromatic heterocycles. The Morgan fingerprint density at radius 1 is 1.19 bits per heavy atom. The molecule has 1 fully saturated rings. The highest BCUT2D eigenvalue weighted by molar-refractivity contribution is 5.59. The van der Waals surface area contributed by atoms with Crippen LogP contribution in [0.2, 0.25) is 0 Å². The van der Waals surface area contributed by atoms with E-state index >= 15 is 0 Å². The van der Waals surface area contributed by atoms with E-state index in [-0.39, 0.29) is 11.9 Å². The van der Waals surface area contributed by atoms with E-state index < -0.39 is 0 Å². The van der Waals surface area contributed by atoms with Gasteiger partial charge < -0.3 is 9.64 Å². The molecule has 0 amide bonds. The zero-order valence-electron chi connectivity index (χ0n) is 14.8. The summed E-state index contributed by atoms with van der Waals surface area (Å²) in [6.45, 7) is 2.03. The first-order chi connectivity index (χ1) is 13.3. The Bertz CT molecular complexity index is 892. The smallest absolute Gasteiger partial charge is 0.245 e. The van der Waals surface area contributed by atoms with Gasteiger partial charge in [-0.05, 0) is 37.1 Å². The third-order valence-corrected chi connectivity index (χ3v) is 4.52. The summed E-state index contributed by atoms with van der Waals surface area (Å²) in [7, 11) is 0. The highest BCUT2D eigenvalue weighted by Gasteiger charge is 2.23. The first-order valence-electron chi connectivity index (χ1n) is 9.00. The fourth-order valence-electron chi connectivity index (χ4n) is 3.16. The molecule has 0 aliphatic carbocycles. The topological polar surface area (TPSA) is 64.0 Å². The van der Waals surface area contributed by atoms with Gasteiger partial charge >= 0.3 is 0 Å². The van der Waals surface area contributed by atoms with Crippen LogP contribution in [0.15, 0.2) is 54.9 Å². The lowest BCUT2D eigenvalue weighted by molar-refractivity contribution is 0.0295. The maximum Gasteiger partial charge on any atom is 0.245 e. The first kappa shape index (κ1) is 17.5. The molecule has 1 atom stereocenters. The van der Waals surface area contributed by atoms with Gasteiger partial charge in [-0.2, -0.15) is 5.10 Å². The van der Waals surface area contributed by atoms with Gasteiger partial charge in [-0.25, -0.2) is 9.37 Å². The van der Waals surface area contributed by atoms with E-state index in [1.807, 2.05) is 24.3 Å². The second-order valence-corrected chi connectivity index (χ2v) is 6.49. The third-order valence-electron chi connectivity index (χ3n) is 4.52. The Balaban J connectivity index is 1.44. The molecule has 6 nitrogen and oxygen atoms in total. The first-order valence-corrected chi connectivity index (χ1v) is 9.00. The van der Waals surface area contributed by atoms with Crippen molar-refractivity contribution in [3.63, 3.8) is 0 Å². The Labute approximate surface area is 157 Å². The summed E-state index contributed by atoms with van der Waals surface area (Å²) in [5.41, 5.74) is 2.21. The molecule has 4 rings (SSSR count). The Kier molecular flexibility index (Phi) is 5.29. The van der Waals surface area contributed by atoms with Gasteiger partial charge in [-0.1, -0.05) is 18.2 Å². The Morgan fingerprint density at radius 3 is 3.00 bits per heavy atom. The zero-order chi connectivity index (χ0) is 18.5. The molecule has 0 bridgehead atoms. The van der Waals surface area contributed by atoms with Crippen molar-refractivity contribution in [1.29, 1.82) is 0 Å². The number of hydrogen-bond acceptors (Lipinski definition) is 6. The number of rotatable bonds is 5. The molecule has 0 unspecified atom stereocenters. The summed E-state index contributed by atoms with van der Waals surface area (Å²) in [6, 6.07) is 12.1. The van der Waals surface area contributed by atoms with Crippen LogP contribution in [0.4, 0.5) is 10.3 Å². The van der Waals surface area contributed by atoms with Crippen molar-refractivity contribution in [3.05, 3.63) is 66.4 Å². The molecule has 1 aromatic carbocycles. The maximum absolute atomic E-state index is 13.5. The van der Waals surface area contributed by atoms with Gasteiger partial charge in [0.05, 0.1) is 30.3 Å². The number of halogens is 1. The number of hydrogen-bond donors (Lipinski definition) is 0. The van der Waals surface area contributed by atoms with Crippen molar-refractivity contribution in [2.75, 3.05) is 18.0 Å². The van der Waals surface area contributed by atoms with Crippen molar-refractivity contribution in [2.24, 2.45) is 0 Å². The molecule has 1 aliphatic rings. The average molecular weight is 365 g/mol. The van der Waals surface area contributed by atoms with Crippen molar-refractivity contribution in [2.45, 2.75) is 25.6 Å². The normalized spacial score (nSPS) is 17.1. The second kappa shape index (κ2) is 8.18. The third kappa shape index (κ3) is 4.43. The highest BCUT2D eigenvalue weighted by atomic mass is 19.1. The van der Waals surface area contributed by atoms with Gasteiger partial charge in [-0.15, -0.1) is 5.10 Å². The van der Waals surface area contributed by atoms with Crippen LogP contribution in [0.1, 0.15) is 18.5 Å². The van der Waals surface area contributed by atoms with Gasteiger partial charge in [0, 0.05) is 24.8 Å². The number of piperidine rings is 1. The fraction of sp³-hybridized carbons (Fsp3) is 0.300. The molecule has 3 heterocycles. The van der Waals surface area contributed by atoms with E-state index in [1.54, 1.807) is 18.5 Å². The molecule has 3 aromatic rings. The molecule has 0 radical (unpaired) electrons. The summed E-state index contributed by atoms with van der Waals surface area (Å²) in [5.74, 6) is 0.247. The quantitative estimate of drug-likeness (QED) is 0.692. The van der Waals surface area contributed by atoms with Crippen molar-refractivity contribution < 1.29 is 9.13 Å². The number of aromatic nitrogens is 4. The lowest BCUT2D eigenvalue weighted by Crippen LogP contribution is -2.40. The van der Waals surface area contributed by atoms with E-state index in [0.717, 1.165) is 25.1 Å². The summed E-state index contributed by atoms with van der Waals surface area (Å²) in [6.07, 6.45) is 5.38. The lowest BCUT2D eigenvalue weighted by Gasteiger charge is -2.32. The molecule has 0 spiro atoms. The van der Waals surface area contributed by atoms with Crippen molar-refractivity contribution >= 4 is 5.95 Å². The largest absolute Gasteiger partial charge is 0.370 e. The fourth-order valence-corrected chi connectivity index (χ4v) is 3.16. The molecule has 138 valence electrons. The minimum absolute atomic E-state index is 0.0854. The van der Waals surface area contributed by atoms with Gasteiger partial charge in [0.25, 0.3) is 0 Å². The van der Waals surface area contributed by atoms with Crippen molar-refractivity contribution in [1.82, 2.24) is 20.2 Å². The predicted octanol–water partition coefficient (Wildman–Crippen LogP) is 3.26. The Morgan fingerprint density at radius 2 is 2.15 bits per heavy atom. The minimum Gasteiger partial charge on any atom is -0.370 e. The number of ether oxygens (including phenoxy) is 1. The van der Waals surface area contributed by atoms with Crippen LogP contribution >= 0.6 is 0 Å². The van der Waals surface area contributed by atoms with Crippen LogP contribution in [0.5, 0.6) is 0 Å². The number of anilines is 1. The second-order valence-electron chi connectivity index (χ2n) is 6.49. The van der Waals surface area contributed by atoms with E-state index in [1.165, 1.54) is 12.1 Å². The summed E-state index contributed by atoms with van der Waals surface area (Å²) < 4.78 is 19.5.